The Morgan fingerprint density at radius 1 is 1.27 bits per heavy atom. The third-order valence-corrected chi connectivity index (χ3v) is 4.91. The van der Waals surface area contributed by atoms with Crippen molar-refractivity contribution in [3.05, 3.63) is 71.8 Å². The molecule has 2 aromatic carbocycles. The summed E-state index contributed by atoms with van der Waals surface area (Å²) in [5.74, 6) is 1.38. The van der Waals surface area contributed by atoms with Gasteiger partial charge in [-0.25, -0.2) is 9.37 Å². The molecule has 0 unspecified atom stereocenters. The lowest BCUT2D eigenvalue weighted by molar-refractivity contribution is -0.116. The largest absolute Gasteiger partial charge is 0.331 e. The smallest absolute Gasteiger partial charge is 0.272 e. The highest BCUT2D eigenvalue weighted by Crippen LogP contribution is 2.23. The number of halogens is 1. The van der Waals surface area contributed by atoms with Gasteiger partial charge in [-0.05, 0) is 48.7 Å². The number of imidazole rings is 1. The van der Waals surface area contributed by atoms with Gasteiger partial charge in [0.2, 0.25) is 5.91 Å². The van der Waals surface area contributed by atoms with Crippen molar-refractivity contribution in [3.63, 3.8) is 0 Å². The summed E-state index contributed by atoms with van der Waals surface area (Å²) in [4.78, 5) is 30.9. The van der Waals surface area contributed by atoms with Gasteiger partial charge < -0.3 is 10.2 Å². The Labute approximate surface area is 178 Å². The van der Waals surface area contributed by atoms with Crippen molar-refractivity contribution in [3.8, 4) is 18.0 Å². The molecule has 0 bridgehead atoms. The van der Waals surface area contributed by atoms with Crippen LogP contribution in [-0.4, -0.2) is 46.1 Å². The second-order valence-electron chi connectivity index (χ2n) is 6.38. The number of amides is 2. The first-order chi connectivity index (χ1) is 14.4. The van der Waals surface area contributed by atoms with E-state index in [1.54, 1.807) is 41.0 Å². The van der Waals surface area contributed by atoms with Crippen molar-refractivity contribution in [1.82, 2.24) is 14.5 Å². The van der Waals surface area contributed by atoms with Gasteiger partial charge in [-0.3, -0.25) is 14.2 Å². The highest BCUT2D eigenvalue weighted by Gasteiger charge is 2.22. The lowest BCUT2D eigenvalue weighted by atomic mass is 10.2. The molecule has 0 aliphatic rings. The number of benzene rings is 2. The molecule has 1 heterocycles. The number of carbonyl (C=O) groups is 2. The number of thioether (sulfide) groups is 1. The van der Waals surface area contributed by atoms with Gasteiger partial charge in [-0.15, -0.1) is 6.42 Å². The molecule has 0 atom stereocenters. The van der Waals surface area contributed by atoms with Gasteiger partial charge in [-0.2, -0.15) is 0 Å². The van der Waals surface area contributed by atoms with Gasteiger partial charge in [-0.1, -0.05) is 23.7 Å². The van der Waals surface area contributed by atoms with Gasteiger partial charge in [0.15, 0.2) is 5.16 Å². The first-order valence-electron chi connectivity index (χ1n) is 8.92. The minimum absolute atomic E-state index is 0.164. The molecule has 3 aromatic rings. The summed E-state index contributed by atoms with van der Waals surface area (Å²) in [6, 6.07) is 12.7. The van der Waals surface area contributed by atoms with Crippen LogP contribution in [0.15, 0.2) is 59.9 Å². The minimum atomic E-state index is -0.389. The Morgan fingerprint density at radius 3 is 2.67 bits per heavy atom. The average molecular weight is 422 g/mol. The SMILES string of the molecule is C#Cc1cccc(NC(=O)CN(C)C(=O)c2cnc(SC)n2-c2ccc(F)cc2)c1. The Bertz CT molecular complexity index is 1120. The minimum Gasteiger partial charge on any atom is -0.331 e. The Balaban J connectivity index is 1.77. The third-order valence-electron chi connectivity index (χ3n) is 4.26. The van der Waals surface area contributed by atoms with Crippen LogP contribution in [0.3, 0.4) is 0 Å². The molecule has 0 aliphatic heterocycles. The average Bonchev–Trinajstić information content (AvgIpc) is 3.17. The van der Waals surface area contributed by atoms with Crippen LogP contribution in [0.1, 0.15) is 16.1 Å². The van der Waals surface area contributed by atoms with Crippen LogP contribution in [0, 0.1) is 18.2 Å². The third kappa shape index (κ3) is 4.70. The maximum absolute atomic E-state index is 13.3. The molecule has 1 aromatic heterocycles. The van der Waals surface area contributed by atoms with Crippen LogP contribution < -0.4 is 5.32 Å². The zero-order valence-electron chi connectivity index (χ0n) is 16.4. The highest BCUT2D eigenvalue weighted by molar-refractivity contribution is 7.98. The number of nitrogens with one attached hydrogen (secondary N) is 1. The van der Waals surface area contributed by atoms with Gasteiger partial charge in [0.05, 0.1) is 12.7 Å². The van der Waals surface area contributed by atoms with Gasteiger partial charge >= 0.3 is 0 Å². The summed E-state index contributed by atoms with van der Waals surface area (Å²) >= 11 is 1.36. The molecular formula is C22H19FN4O2S. The van der Waals surface area contributed by atoms with E-state index in [1.165, 1.54) is 42.0 Å². The summed E-state index contributed by atoms with van der Waals surface area (Å²) in [7, 11) is 1.53. The number of hydrogen-bond donors (Lipinski definition) is 1. The molecule has 152 valence electrons. The summed E-state index contributed by atoms with van der Waals surface area (Å²) < 4.78 is 14.9. The molecule has 0 aliphatic carbocycles. The number of rotatable bonds is 6. The first kappa shape index (κ1) is 21.1. The van der Waals surface area contributed by atoms with E-state index in [1.807, 2.05) is 6.26 Å². The van der Waals surface area contributed by atoms with Crippen molar-refractivity contribution in [1.29, 1.82) is 0 Å². The molecule has 0 radical (unpaired) electrons. The van der Waals surface area contributed by atoms with Crippen LogP contribution in [0.25, 0.3) is 5.69 Å². The van der Waals surface area contributed by atoms with Crippen LogP contribution in [-0.2, 0) is 4.79 Å². The first-order valence-corrected chi connectivity index (χ1v) is 10.1. The molecule has 30 heavy (non-hydrogen) atoms. The Kier molecular flexibility index (Phi) is 6.54. The van der Waals surface area contributed by atoms with E-state index in [-0.39, 0.29) is 29.9 Å². The lowest BCUT2D eigenvalue weighted by Crippen LogP contribution is -2.35. The summed E-state index contributed by atoms with van der Waals surface area (Å²) in [6.07, 6.45) is 8.65. The topological polar surface area (TPSA) is 67.2 Å². The van der Waals surface area contributed by atoms with Crippen molar-refractivity contribution in [2.75, 3.05) is 25.2 Å². The van der Waals surface area contributed by atoms with E-state index in [0.29, 0.717) is 22.1 Å². The molecule has 0 spiro atoms. The molecule has 3 rings (SSSR count). The molecular weight excluding hydrogens is 403 g/mol. The van der Waals surface area contributed by atoms with E-state index in [0.717, 1.165) is 0 Å². The van der Waals surface area contributed by atoms with Crippen molar-refractivity contribution < 1.29 is 14.0 Å². The van der Waals surface area contributed by atoms with E-state index in [9.17, 15) is 14.0 Å². The summed E-state index contributed by atoms with van der Waals surface area (Å²) in [5, 5.41) is 3.30. The normalized spacial score (nSPS) is 10.3. The molecule has 0 saturated heterocycles. The fourth-order valence-corrected chi connectivity index (χ4v) is 3.38. The summed E-state index contributed by atoms with van der Waals surface area (Å²) in [5.41, 5.74) is 2.07. The standard InChI is InChI=1S/C22H19FN4O2S/c1-4-15-6-5-7-17(12-15)25-20(28)14-26(2)21(29)19-13-24-22(30-3)27(19)18-10-8-16(23)9-11-18/h1,5-13H,14H2,2-3H3,(H,25,28). The number of hydrogen-bond acceptors (Lipinski definition) is 4. The molecule has 2 amide bonds. The van der Waals surface area contributed by atoms with Crippen molar-refractivity contribution >= 4 is 29.3 Å². The second kappa shape index (κ2) is 9.29. The van der Waals surface area contributed by atoms with E-state index in [4.69, 9.17) is 6.42 Å². The monoisotopic (exact) mass is 422 g/mol. The zero-order chi connectivity index (χ0) is 21.7. The second-order valence-corrected chi connectivity index (χ2v) is 7.15. The van der Waals surface area contributed by atoms with E-state index >= 15 is 0 Å². The van der Waals surface area contributed by atoms with Crippen molar-refractivity contribution in [2.45, 2.75) is 5.16 Å². The number of aromatic nitrogens is 2. The number of anilines is 1. The Hall–Kier alpha value is -3.57. The highest BCUT2D eigenvalue weighted by atomic mass is 32.2. The van der Waals surface area contributed by atoms with Crippen LogP contribution in [0.5, 0.6) is 0 Å². The molecule has 1 N–H and O–H groups in total. The lowest BCUT2D eigenvalue weighted by Gasteiger charge is -2.18. The van der Waals surface area contributed by atoms with E-state index in [2.05, 4.69) is 16.2 Å². The predicted molar refractivity (Wildman–Crippen MR) is 115 cm³/mol. The number of terminal acetylenes is 1. The van der Waals surface area contributed by atoms with Crippen LogP contribution in [0.4, 0.5) is 10.1 Å². The molecule has 0 fully saturated rings. The van der Waals surface area contributed by atoms with Crippen molar-refractivity contribution in [2.24, 2.45) is 0 Å². The summed E-state index contributed by atoms with van der Waals surface area (Å²) in [6.45, 7) is -0.164. The fraction of sp³-hybridized carbons (Fsp3) is 0.136. The maximum atomic E-state index is 13.3. The molecule has 0 saturated carbocycles. The van der Waals surface area contributed by atoms with Gasteiger partial charge in [0, 0.05) is 24.0 Å². The fourth-order valence-electron chi connectivity index (χ4n) is 2.84. The van der Waals surface area contributed by atoms with E-state index < -0.39 is 0 Å². The molecule has 6 nitrogen and oxygen atoms in total. The number of carbonyl (C=O) groups excluding carboxylic acids is 2. The number of nitrogens with zero attached hydrogens (tertiary/aromatic N) is 3. The zero-order valence-corrected chi connectivity index (χ0v) is 17.2. The number of likely N-dealkylation sites (N-methyl/N-ethyl adjacent to an activating group) is 1. The van der Waals surface area contributed by atoms with Crippen LogP contribution in [0.2, 0.25) is 0 Å². The Morgan fingerprint density at radius 2 is 2.00 bits per heavy atom. The maximum Gasteiger partial charge on any atom is 0.272 e. The van der Waals surface area contributed by atoms with Gasteiger partial charge in [0.25, 0.3) is 5.91 Å². The molecule has 8 heteroatoms. The van der Waals surface area contributed by atoms with Gasteiger partial charge in [0.1, 0.15) is 11.5 Å². The predicted octanol–water partition coefficient (Wildman–Crippen LogP) is 3.43. The quantitative estimate of drug-likeness (QED) is 0.488. The van der Waals surface area contributed by atoms with Crippen LogP contribution >= 0.6 is 11.8 Å².